The second-order valence-electron chi connectivity index (χ2n) is 19.2. The summed E-state index contributed by atoms with van der Waals surface area (Å²) in [6, 6.07) is 0. The van der Waals surface area contributed by atoms with Crippen LogP contribution in [-0.2, 0) is 33.3 Å². The van der Waals surface area contributed by atoms with Gasteiger partial charge >= 0.3 is 17.9 Å². The van der Waals surface area contributed by atoms with E-state index in [-0.39, 0.29) is 38.6 Å². The molecule has 0 aliphatic heterocycles. The van der Waals surface area contributed by atoms with Crippen molar-refractivity contribution in [3.8, 4) is 0 Å². The molecule has 0 amide bonds. The topological polar surface area (TPSA) is 108 Å². The smallest absolute Gasteiger partial charge is 0.361 e. The van der Waals surface area contributed by atoms with E-state index in [9.17, 15) is 19.5 Å². The van der Waals surface area contributed by atoms with Crippen LogP contribution in [0.5, 0.6) is 0 Å². The largest absolute Gasteiger partial charge is 0.477 e. The number of carboxylic acids is 1. The molecule has 0 aromatic rings. The zero-order valence-electron chi connectivity index (χ0n) is 45.6. The normalized spacial score (nSPS) is 13.8. The molecule has 1 N–H and O–H groups in total. The Labute approximate surface area is 434 Å². The van der Waals surface area contributed by atoms with Gasteiger partial charge in [0.2, 0.25) is 0 Å². The SMILES string of the molecule is CC/C=C\C/C=C\C/C=C\C/C=C\C/C=C\C/C=C\C/C=C\C/C=C\C/C=C\CCCCCC(=O)OC(COC(=O)CCCCCCC/C=C\CCCCCCCC)COC(OCC[N+](C)(C)C)C(=O)O. The molecule has 0 saturated carbocycles. The number of allylic oxidation sites excluding steroid dienone is 20. The minimum absolute atomic E-state index is 0.173. The molecule has 0 aromatic carbocycles. The number of hydrogen-bond acceptors (Lipinski definition) is 7. The van der Waals surface area contributed by atoms with Crippen molar-refractivity contribution >= 4 is 17.9 Å². The molecule has 2 unspecified atom stereocenters. The first-order valence-corrected chi connectivity index (χ1v) is 27.7. The molecule has 71 heavy (non-hydrogen) atoms. The van der Waals surface area contributed by atoms with Crippen molar-refractivity contribution in [2.75, 3.05) is 47.5 Å². The molecule has 2 atom stereocenters. The fourth-order valence-corrected chi connectivity index (χ4v) is 6.94. The number of hydrogen-bond donors (Lipinski definition) is 1. The van der Waals surface area contributed by atoms with Gasteiger partial charge in [-0.25, -0.2) is 4.79 Å². The van der Waals surface area contributed by atoms with E-state index in [2.05, 4.69) is 135 Å². The van der Waals surface area contributed by atoms with Gasteiger partial charge < -0.3 is 28.5 Å². The summed E-state index contributed by atoms with van der Waals surface area (Å²) in [5.74, 6) is -2.08. The van der Waals surface area contributed by atoms with E-state index in [1.165, 1.54) is 44.9 Å². The Morgan fingerprint density at radius 1 is 0.437 bits per heavy atom. The lowest BCUT2D eigenvalue weighted by atomic mass is 10.1. The van der Waals surface area contributed by atoms with E-state index >= 15 is 0 Å². The van der Waals surface area contributed by atoms with Crippen molar-refractivity contribution < 1.29 is 42.9 Å². The Balaban J connectivity index is 4.38. The molecule has 9 nitrogen and oxygen atoms in total. The Kier molecular flexibility index (Phi) is 48.9. The minimum Gasteiger partial charge on any atom is -0.477 e. The Morgan fingerprint density at radius 2 is 0.803 bits per heavy atom. The number of likely N-dealkylation sites (N-methyl/N-ethyl adjacent to an activating group) is 1. The van der Waals surface area contributed by atoms with Crippen molar-refractivity contribution in [1.82, 2.24) is 0 Å². The summed E-state index contributed by atoms with van der Waals surface area (Å²) in [4.78, 5) is 37.3. The van der Waals surface area contributed by atoms with Crippen LogP contribution in [0.4, 0.5) is 0 Å². The quantitative estimate of drug-likeness (QED) is 0.0211. The van der Waals surface area contributed by atoms with Gasteiger partial charge in [0.15, 0.2) is 6.10 Å². The number of ether oxygens (including phenoxy) is 4. The zero-order valence-corrected chi connectivity index (χ0v) is 45.6. The Bertz CT molecular complexity index is 1570. The van der Waals surface area contributed by atoms with Crippen LogP contribution in [0.15, 0.2) is 122 Å². The second-order valence-corrected chi connectivity index (χ2v) is 19.2. The van der Waals surface area contributed by atoms with Gasteiger partial charge in [0.1, 0.15) is 13.2 Å². The molecule has 0 heterocycles. The monoisotopic (exact) mass is 989 g/mol. The number of rotatable bonds is 49. The average molecular weight is 989 g/mol. The van der Waals surface area contributed by atoms with Crippen LogP contribution >= 0.6 is 0 Å². The number of quaternary nitrogens is 1. The fraction of sp³-hybridized carbons (Fsp3) is 0.629. The van der Waals surface area contributed by atoms with E-state index in [1.807, 2.05) is 21.1 Å². The van der Waals surface area contributed by atoms with Crippen molar-refractivity contribution in [2.24, 2.45) is 0 Å². The molecule has 0 bridgehead atoms. The first kappa shape index (κ1) is 66.7. The van der Waals surface area contributed by atoms with E-state index in [1.54, 1.807) is 0 Å². The fourth-order valence-electron chi connectivity index (χ4n) is 6.94. The lowest BCUT2D eigenvalue weighted by molar-refractivity contribution is -0.870. The average Bonchev–Trinajstić information content (AvgIpc) is 3.34. The van der Waals surface area contributed by atoms with Gasteiger partial charge in [0, 0.05) is 12.8 Å². The van der Waals surface area contributed by atoms with Gasteiger partial charge in [-0.1, -0.05) is 193 Å². The Hall–Kier alpha value is -4.31. The molecular weight excluding hydrogens is 887 g/mol. The maximum Gasteiger partial charge on any atom is 0.361 e. The minimum atomic E-state index is -1.53. The van der Waals surface area contributed by atoms with Gasteiger partial charge in [-0.15, -0.1) is 0 Å². The number of carbonyl (C=O) groups excluding carboxylic acids is 2. The molecule has 0 aromatic heterocycles. The molecule has 0 aliphatic rings. The molecule has 0 rings (SSSR count). The third kappa shape index (κ3) is 53.3. The Morgan fingerprint density at radius 3 is 1.23 bits per heavy atom. The van der Waals surface area contributed by atoms with Crippen molar-refractivity contribution in [1.29, 1.82) is 0 Å². The van der Waals surface area contributed by atoms with Crippen LogP contribution in [0.25, 0.3) is 0 Å². The van der Waals surface area contributed by atoms with Crippen molar-refractivity contribution in [3.63, 3.8) is 0 Å². The van der Waals surface area contributed by atoms with E-state index in [0.717, 1.165) is 116 Å². The molecule has 0 radical (unpaired) electrons. The third-order valence-corrected chi connectivity index (χ3v) is 11.2. The van der Waals surface area contributed by atoms with Crippen molar-refractivity contribution in [3.05, 3.63) is 122 Å². The summed E-state index contributed by atoms with van der Waals surface area (Å²) in [5, 5.41) is 9.68. The van der Waals surface area contributed by atoms with Gasteiger partial charge in [0.05, 0.1) is 34.4 Å². The number of aliphatic carboxylic acids is 1. The van der Waals surface area contributed by atoms with E-state index < -0.39 is 24.3 Å². The van der Waals surface area contributed by atoms with E-state index in [4.69, 9.17) is 18.9 Å². The number of carboxylic acid groups (broad SMARTS) is 1. The molecule has 402 valence electrons. The number of carbonyl (C=O) groups is 3. The standard InChI is InChI=1S/C62H101NO8/c1-6-8-10-12-14-16-18-20-22-23-24-25-26-27-28-29-30-31-32-33-34-35-36-37-39-41-43-45-47-49-51-53-60(65)71-58(57-70-62(61(66)67)68-55-54-63(3,4)5)56-69-59(64)52-50-48-46-44-42-40-38-21-19-17-15-13-11-9-7-2/h8,10,14,16,20-22,24-25,27-28,30-31,33-34,36-38,41,43,58,62H,6-7,9,11-13,15,17-19,23,26,29,32,35,39-40,42,44-57H2,1-5H3/p+1/b10-8-,16-14-,22-20-,25-24-,28-27-,31-30-,34-33-,37-36-,38-21-,43-41-. The molecule has 0 spiro atoms. The zero-order chi connectivity index (χ0) is 52.0. The summed E-state index contributed by atoms with van der Waals surface area (Å²) >= 11 is 0. The predicted molar refractivity (Wildman–Crippen MR) is 299 cm³/mol. The summed E-state index contributed by atoms with van der Waals surface area (Å²) < 4.78 is 22.8. The van der Waals surface area contributed by atoms with Crippen LogP contribution in [0.2, 0.25) is 0 Å². The lowest BCUT2D eigenvalue weighted by Crippen LogP contribution is -2.40. The molecule has 9 heteroatoms. The summed E-state index contributed by atoms with van der Waals surface area (Å²) in [5.41, 5.74) is 0. The first-order chi connectivity index (χ1) is 34.6. The van der Waals surface area contributed by atoms with E-state index in [0.29, 0.717) is 17.4 Å². The van der Waals surface area contributed by atoms with Crippen LogP contribution in [0.1, 0.15) is 194 Å². The molecule has 0 aliphatic carbocycles. The van der Waals surface area contributed by atoms with Crippen molar-refractivity contribution in [2.45, 2.75) is 206 Å². The summed E-state index contributed by atoms with van der Waals surface area (Å²) in [6.45, 7) is 4.68. The highest BCUT2D eigenvalue weighted by Crippen LogP contribution is 2.13. The number of nitrogens with zero attached hydrogens (tertiary/aromatic N) is 1. The van der Waals surface area contributed by atoms with Gasteiger partial charge in [0.25, 0.3) is 6.29 Å². The summed E-state index contributed by atoms with van der Waals surface area (Å²) in [6.07, 6.45) is 69.9. The molecular formula is C62H102NO8+. The maximum absolute atomic E-state index is 12.8. The first-order valence-electron chi connectivity index (χ1n) is 27.7. The highest BCUT2D eigenvalue weighted by Gasteiger charge is 2.25. The summed E-state index contributed by atoms with van der Waals surface area (Å²) in [7, 11) is 5.94. The van der Waals surface area contributed by atoms with Crippen LogP contribution in [0, 0.1) is 0 Å². The number of esters is 2. The maximum atomic E-state index is 12.8. The van der Waals surface area contributed by atoms with Gasteiger partial charge in [-0.05, 0) is 109 Å². The molecule has 0 fully saturated rings. The van der Waals surface area contributed by atoms with Crippen LogP contribution < -0.4 is 0 Å². The molecule has 0 saturated heterocycles. The van der Waals surface area contributed by atoms with Crippen LogP contribution in [-0.4, -0.2) is 87.4 Å². The third-order valence-electron chi connectivity index (χ3n) is 11.2. The predicted octanol–water partition coefficient (Wildman–Crippen LogP) is 16.1. The highest BCUT2D eigenvalue weighted by atomic mass is 16.7. The second kappa shape index (κ2) is 52.0. The van der Waals surface area contributed by atoms with Gasteiger partial charge in [-0.3, -0.25) is 9.59 Å². The highest BCUT2D eigenvalue weighted by molar-refractivity contribution is 5.71. The van der Waals surface area contributed by atoms with Crippen LogP contribution in [0.3, 0.4) is 0 Å². The number of unbranched alkanes of at least 4 members (excludes halogenated alkanes) is 14. The van der Waals surface area contributed by atoms with Gasteiger partial charge in [-0.2, -0.15) is 0 Å². The lowest BCUT2D eigenvalue weighted by Gasteiger charge is -2.25.